The van der Waals surface area contributed by atoms with E-state index >= 15 is 0 Å². The molecule has 156 valence electrons. The maximum atomic E-state index is 12.4. The molecule has 1 aromatic heterocycles. The van der Waals surface area contributed by atoms with Crippen molar-refractivity contribution in [3.63, 3.8) is 0 Å². The second-order valence-corrected chi connectivity index (χ2v) is 7.56. The van der Waals surface area contributed by atoms with Crippen LogP contribution in [0.3, 0.4) is 0 Å². The van der Waals surface area contributed by atoms with Gasteiger partial charge in [-0.1, -0.05) is 18.2 Å². The van der Waals surface area contributed by atoms with Crippen molar-refractivity contribution in [2.45, 2.75) is 40.7 Å². The third-order valence-corrected chi connectivity index (χ3v) is 5.05. The van der Waals surface area contributed by atoms with Crippen LogP contribution in [0.15, 0.2) is 24.3 Å². The second kappa shape index (κ2) is 10.1. The Morgan fingerprint density at radius 3 is 2.41 bits per heavy atom. The lowest BCUT2D eigenvalue weighted by atomic mass is 10.1. The lowest BCUT2D eigenvalue weighted by Gasteiger charge is -2.10. The number of anilines is 1. The van der Waals surface area contributed by atoms with Gasteiger partial charge in [-0.25, -0.2) is 9.59 Å². The number of hydrogen-bond donors (Lipinski definition) is 1. The van der Waals surface area contributed by atoms with Gasteiger partial charge in [0, 0.05) is 0 Å². The Hall–Kier alpha value is -2.87. The molecule has 0 saturated heterocycles. The van der Waals surface area contributed by atoms with Gasteiger partial charge in [-0.2, -0.15) is 0 Å². The zero-order valence-corrected chi connectivity index (χ0v) is 18.0. The highest BCUT2D eigenvalue weighted by Gasteiger charge is 2.27. The molecule has 1 aromatic carbocycles. The summed E-state index contributed by atoms with van der Waals surface area (Å²) in [6.45, 7) is 8.58. The molecule has 0 fully saturated rings. The number of carbonyl (C=O) groups excluding carboxylic acids is 3. The van der Waals surface area contributed by atoms with Gasteiger partial charge in [0.2, 0.25) is 0 Å². The number of carbonyl (C=O) groups is 3. The molecule has 1 N–H and O–H groups in total. The van der Waals surface area contributed by atoms with Gasteiger partial charge in [0.1, 0.15) is 15.6 Å². The number of amides is 1. The van der Waals surface area contributed by atoms with Crippen molar-refractivity contribution in [1.82, 2.24) is 0 Å². The minimum atomic E-state index is -0.611. The Morgan fingerprint density at radius 1 is 1.10 bits per heavy atom. The molecule has 0 aliphatic heterocycles. The van der Waals surface area contributed by atoms with E-state index in [1.807, 2.05) is 25.1 Å². The van der Waals surface area contributed by atoms with E-state index < -0.39 is 17.8 Å². The molecule has 0 unspecified atom stereocenters. The monoisotopic (exact) mass is 419 g/mol. The number of rotatable bonds is 8. The van der Waals surface area contributed by atoms with Gasteiger partial charge in [-0.15, -0.1) is 11.3 Å². The molecule has 0 bridgehead atoms. The molecule has 2 aromatic rings. The van der Waals surface area contributed by atoms with E-state index in [0.29, 0.717) is 11.3 Å². The van der Waals surface area contributed by atoms with Crippen LogP contribution in [0.25, 0.3) is 0 Å². The molecular formula is C21H25NO6S. The summed E-state index contributed by atoms with van der Waals surface area (Å²) < 4.78 is 15.9. The van der Waals surface area contributed by atoms with Crippen LogP contribution in [-0.4, -0.2) is 37.2 Å². The maximum Gasteiger partial charge on any atom is 0.348 e. The van der Waals surface area contributed by atoms with Gasteiger partial charge in [-0.05, 0) is 51.8 Å². The molecule has 1 amide bonds. The van der Waals surface area contributed by atoms with Crippen molar-refractivity contribution >= 4 is 34.2 Å². The number of esters is 2. The average molecular weight is 419 g/mol. The van der Waals surface area contributed by atoms with Crippen molar-refractivity contribution < 1.29 is 28.6 Å². The topological polar surface area (TPSA) is 90.9 Å². The normalized spacial score (nSPS) is 10.6. The molecule has 0 spiro atoms. The number of aryl methyl sites for hydroxylation is 1. The summed E-state index contributed by atoms with van der Waals surface area (Å²) in [7, 11) is 0. The fourth-order valence-electron chi connectivity index (χ4n) is 2.54. The minimum Gasteiger partial charge on any atom is -0.483 e. The Balaban J connectivity index is 2.22. The fraction of sp³-hybridized carbons (Fsp3) is 0.381. The molecule has 7 nitrogen and oxygen atoms in total. The Morgan fingerprint density at radius 2 is 1.79 bits per heavy atom. The summed E-state index contributed by atoms with van der Waals surface area (Å²) in [5, 5.41) is 2.89. The van der Waals surface area contributed by atoms with Crippen LogP contribution in [-0.2, 0) is 14.3 Å². The van der Waals surface area contributed by atoms with Gasteiger partial charge in [-0.3, -0.25) is 4.79 Å². The highest BCUT2D eigenvalue weighted by molar-refractivity contribution is 7.18. The van der Waals surface area contributed by atoms with Crippen LogP contribution in [0.2, 0.25) is 0 Å². The van der Waals surface area contributed by atoms with Gasteiger partial charge < -0.3 is 19.5 Å². The van der Waals surface area contributed by atoms with E-state index in [9.17, 15) is 14.4 Å². The smallest absolute Gasteiger partial charge is 0.348 e. The fourth-order valence-corrected chi connectivity index (χ4v) is 3.63. The molecule has 0 radical (unpaired) electrons. The van der Waals surface area contributed by atoms with Crippen molar-refractivity contribution in [3.05, 3.63) is 45.8 Å². The zero-order chi connectivity index (χ0) is 21.6. The molecule has 29 heavy (non-hydrogen) atoms. The Labute approximate surface area is 174 Å². The van der Waals surface area contributed by atoms with Crippen LogP contribution in [0, 0.1) is 13.8 Å². The van der Waals surface area contributed by atoms with E-state index in [0.717, 1.165) is 16.9 Å². The number of nitrogens with one attached hydrogen (secondary N) is 1. The van der Waals surface area contributed by atoms with Crippen LogP contribution >= 0.6 is 11.3 Å². The maximum absolute atomic E-state index is 12.4. The highest BCUT2D eigenvalue weighted by Crippen LogP contribution is 2.34. The SMILES string of the molecule is CCOC(=O)c1c(NC(=O)COc2ccccc2C)sc(C(=O)OC(C)C)c1C. The summed E-state index contributed by atoms with van der Waals surface area (Å²) in [4.78, 5) is 37.4. The van der Waals surface area contributed by atoms with Crippen LogP contribution in [0.4, 0.5) is 5.00 Å². The van der Waals surface area contributed by atoms with Crippen molar-refractivity contribution in [1.29, 1.82) is 0 Å². The zero-order valence-electron chi connectivity index (χ0n) is 17.2. The quantitative estimate of drug-likeness (QED) is 0.647. The first-order valence-corrected chi connectivity index (χ1v) is 10.1. The predicted molar refractivity (Wildman–Crippen MR) is 111 cm³/mol. The minimum absolute atomic E-state index is 0.150. The van der Waals surface area contributed by atoms with E-state index in [1.165, 1.54) is 0 Å². The molecule has 2 rings (SSSR count). The third kappa shape index (κ3) is 5.80. The van der Waals surface area contributed by atoms with E-state index in [2.05, 4.69) is 5.32 Å². The summed E-state index contributed by atoms with van der Waals surface area (Å²) in [5.41, 5.74) is 1.46. The van der Waals surface area contributed by atoms with Crippen LogP contribution in [0.1, 0.15) is 51.9 Å². The first-order chi connectivity index (χ1) is 13.7. The number of hydrogen-bond acceptors (Lipinski definition) is 7. The van der Waals surface area contributed by atoms with Crippen LogP contribution in [0.5, 0.6) is 5.75 Å². The molecule has 0 aliphatic rings. The largest absolute Gasteiger partial charge is 0.483 e. The highest BCUT2D eigenvalue weighted by atomic mass is 32.1. The molecule has 8 heteroatoms. The van der Waals surface area contributed by atoms with Gasteiger partial charge in [0.05, 0.1) is 18.3 Å². The van der Waals surface area contributed by atoms with Crippen molar-refractivity contribution in [3.8, 4) is 5.75 Å². The van der Waals surface area contributed by atoms with Gasteiger partial charge in [0.25, 0.3) is 5.91 Å². The first kappa shape index (κ1) is 22.4. The van der Waals surface area contributed by atoms with E-state index in [1.54, 1.807) is 33.8 Å². The van der Waals surface area contributed by atoms with E-state index in [-0.39, 0.29) is 34.8 Å². The summed E-state index contributed by atoms with van der Waals surface area (Å²) in [6, 6.07) is 7.33. The molecule has 0 aliphatic carbocycles. The van der Waals surface area contributed by atoms with Crippen molar-refractivity contribution in [2.75, 3.05) is 18.5 Å². The Kier molecular flexibility index (Phi) is 7.78. The summed E-state index contributed by atoms with van der Waals surface area (Å²) in [6.07, 6.45) is -0.310. The van der Waals surface area contributed by atoms with Crippen molar-refractivity contribution in [2.24, 2.45) is 0 Å². The number of ether oxygens (including phenoxy) is 3. The van der Waals surface area contributed by atoms with E-state index in [4.69, 9.17) is 14.2 Å². The number of thiophene rings is 1. The Bertz CT molecular complexity index is 903. The van der Waals surface area contributed by atoms with Crippen LogP contribution < -0.4 is 10.1 Å². The average Bonchev–Trinajstić information content (AvgIpc) is 2.96. The summed E-state index contributed by atoms with van der Waals surface area (Å²) in [5.74, 6) is -1.02. The molecule has 0 atom stereocenters. The number of para-hydroxylation sites is 1. The lowest BCUT2D eigenvalue weighted by Crippen LogP contribution is -2.21. The predicted octanol–water partition coefficient (Wildman–Crippen LogP) is 4.12. The second-order valence-electron chi connectivity index (χ2n) is 6.54. The standard InChI is InChI=1S/C21H25NO6S/c1-6-26-20(24)17-14(5)18(21(25)28-12(2)3)29-19(17)22-16(23)11-27-15-10-8-7-9-13(15)4/h7-10,12H,6,11H2,1-5H3,(H,22,23). The van der Waals surface area contributed by atoms with Gasteiger partial charge in [0.15, 0.2) is 6.61 Å². The molecule has 0 saturated carbocycles. The number of benzene rings is 1. The molecule has 1 heterocycles. The first-order valence-electron chi connectivity index (χ1n) is 9.24. The summed E-state index contributed by atoms with van der Waals surface area (Å²) >= 11 is 0.981. The third-order valence-electron chi connectivity index (χ3n) is 3.86. The molecular weight excluding hydrogens is 394 g/mol. The van der Waals surface area contributed by atoms with Gasteiger partial charge >= 0.3 is 11.9 Å². The lowest BCUT2D eigenvalue weighted by molar-refractivity contribution is -0.118.